The number of rotatable bonds is 11. The molecule has 236 valence electrons. The second-order valence-corrected chi connectivity index (χ2v) is 12.3. The summed E-state index contributed by atoms with van der Waals surface area (Å²) in [5.41, 5.74) is 7.46. The molecule has 0 bridgehead atoms. The van der Waals surface area contributed by atoms with E-state index in [-0.39, 0.29) is 21.1 Å². The standard InChI is InChI=1S/C39H39N5O.Pt/c1-28(2)20-31-13-9-14-32(21-29(3)4)39(31)43-24-37(40-27-43)30-12-10-18-35(22-30)45-36-19-11-17-34(23-36)44(33-15-7-6-8-16-33)38-25-42(5)26-41-38;/h6-19,24-29H,20-21H2,1-5H3;/q-2;+2. The van der Waals surface area contributed by atoms with Crippen molar-refractivity contribution in [2.24, 2.45) is 18.9 Å². The van der Waals surface area contributed by atoms with E-state index in [0.29, 0.717) is 23.3 Å². The van der Waals surface area contributed by atoms with Crippen LogP contribution >= 0.6 is 0 Å². The quantitative estimate of drug-likeness (QED) is 0.123. The molecule has 0 aliphatic carbocycles. The van der Waals surface area contributed by atoms with Crippen molar-refractivity contribution in [1.82, 2.24) is 19.1 Å². The van der Waals surface area contributed by atoms with Gasteiger partial charge in [-0.15, -0.1) is 42.0 Å². The minimum atomic E-state index is 0. The number of nitrogens with zero attached hydrogens (tertiary/aromatic N) is 5. The molecule has 0 amide bonds. The molecule has 6 nitrogen and oxygen atoms in total. The van der Waals surface area contributed by atoms with Crippen molar-refractivity contribution in [3.05, 3.63) is 133 Å². The van der Waals surface area contributed by atoms with E-state index < -0.39 is 0 Å². The Morgan fingerprint density at radius 2 is 1.37 bits per heavy atom. The van der Waals surface area contributed by atoms with E-state index >= 15 is 0 Å². The number of aromatic nitrogens is 4. The van der Waals surface area contributed by atoms with E-state index in [1.165, 1.54) is 16.8 Å². The number of anilines is 3. The Hall–Kier alpha value is -4.41. The van der Waals surface area contributed by atoms with Crippen LogP contribution < -0.4 is 9.64 Å². The van der Waals surface area contributed by atoms with Crippen LogP contribution in [-0.2, 0) is 41.0 Å². The Balaban J connectivity index is 0.00000417. The molecule has 0 atom stereocenters. The summed E-state index contributed by atoms with van der Waals surface area (Å²) in [7, 11) is 1.96. The van der Waals surface area contributed by atoms with Gasteiger partial charge in [-0.25, -0.2) is 4.98 Å². The first kappa shape index (κ1) is 33.0. The van der Waals surface area contributed by atoms with Crippen LogP contribution in [0, 0.1) is 24.0 Å². The second kappa shape index (κ2) is 14.8. The molecule has 6 rings (SSSR count). The molecule has 0 aliphatic heterocycles. The zero-order valence-corrected chi connectivity index (χ0v) is 29.2. The maximum absolute atomic E-state index is 6.33. The Morgan fingerprint density at radius 1 is 0.717 bits per heavy atom. The molecule has 0 unspecified atom stereocenters. The minimum absolute atomic E-state index is 0. The smallest absolute Gasteiger partial charge is 0.503 e. The summed E-state index contributed by atoms with van der Waals surface area (Å²) in [4.78, 5) is 11.5. The summed E-state index contributed by atoms with van der Waals surface area (Å²) in [6.07, 6.45) is 9.84. The summed E-state index contributed by atoms with van der Waals surface area (Å²) in [6.45, 7) is 9.07. The van der Waals surface area contributed by atoms with Gasteiger partial charge in [0.05, 0.1) is 18.3 Å². The largest absolute Gasteiger partial charge is 2.00 e. The molecular formula is C39H39N5OPt. The Kier molecular flexibility index (Phi) is 10.6. The van der Waals surface area contributed by atoms with Crippen LogP contribution in [0.4, 0.5) is 17.2 Å². The van der Waals surface area contributed by atoms with Gasteiger partial charge in [-0.2, -0.15) is 6.07 Å². The van der Waals surface area contributed by atoms with E-state index in [1.807, 2.05) is 78.7 Å². The normalized spacial score (nSPS) is 11.1. The fourth-order valence-corrected chi connectivity index (χ4v) is 5.66. The maximum atomic E-state index is 6.33. The molecule has 0 saturated heterocycles. The topological polar surface area (TPSA) is 48.1 Å². The molecule has 7 heteroatoms. The van der Waals surface area contributed by atoms with Gasteiger partial charge in [0.15, 0.2) is 5.82 Å². The van der Waals surface area contributed by atoms with Gasteiger partial charge in [-0.05, 0) is 54.1 Å². The molecular weight excluding hydrogens is 750 g/mol. The van der Waals surface area contributed by atoms with Gasteiger partial charge < -0.3 is 18.8 Å². The molecule has 0 N–H and O–H groups in total. The number of para-hydroxylation sites is 2. The molecule has 2 aromatic heterocycles. The Bertz CT molecular complexity index is 1850. The fourth-order valence-electron chi connectivity index (χ4n) is 5.66. The molecule has 0 radical (unpaired) electrons. The van der Waals surface area contributed by atoms with E-state index in [0.717, 1.165) is 41.3 Å². The van der Waals surface area contributed by atoms with Crippen molar-refractivity contribution >= 4 is 17.2 Å². The van der Waals surface area contributed by atoms with Crippen LogP contribution in [-0.4, -0.2) is 19.1 Å². The Labute approximate surface area is 287 Å². The summed E-state index contributed by atoms with van der Waals surface area (Å²) in [6, 6.07) is 35.5. The number of imidazole rings is 2. The van der Waals surface area contributed by atoms with Crippen molar-refractivity contribution in [3.8, 4) is 28.4 Å². The van der Waals surface area contributed by atoms with E-state index in [4.69, 9.17) is 9.72 Å². The number of hydrogen-bond donors (Lipinski definition) is 0. The molecule has 0 saturated carbocycles. The van der Waals surface area contributed by atoms with Crippen molar-refractivity contribution in [3.63, 3.8) is 0 Å². The zero-order chi connectivity index (χ0) is 31.3. The van der Waals surface area contributed by atoms with E-state index in [9.17, 15) is 0 Å². The van der Waals surface area contributed by atoms with Crippen LogP contribution in [0.5, 0.6) is 11.5 Å². The average Bonchev–Trinajstić information content (AvgIpc) is 3.67. The number of aryl methyl sites for hydroxylation is 1. The third-order valence-electron chi connectivity index (χ3n) is 7.49. The predicted molar refractivity (Wildman–Crippen MR) is 182 cm³/mol. The SMILES string of the molecule is CC(C)Cc1cccc(CC(C)C)c1-n1cnc(-c2[c-]c(Oc3[c-]c(N(c4ccccc4)c4cn(C)cn4)ccc3)ccc2)c1.[Pt+2]. The molecule has 0 spiro atoms. The van der Waals surface area contributed by atoms with E-state index in [1.54, 1.807) is 6.33 Å². The summed E-state index contributed by atoms with van der Waals surface area (Å²) < 4.78 is 10.4. The summed E-state index contributed by atoms with van der Waals surface area (Å²) >= 11 is 0. The first-order chi connectivity index (χ1) is 21.8. The van der Waals surface area contributed by atoms with Gasteiger partial charge in [0.2, 0.25) is 0 Å². The van der Waals surface area contributed by atoms with Crippen molar-refractivity contribution in [1.29, 1.82) is 0 Å². The van der Waals surface area contributed by atoms with Gasteiger partial charge in [-0.3, -0.25) is 4.98 Å². The molecule has 6 aromatic rings. The van der Waals surface area contributed by atoms with Gasteiger partial charge in [0.25, 0.3) is 0 Å². The fraction of sp³-hybridized carbons (Fsp3) is 0.231. The molecule has 46 heavy (non-hydrogen) atoms. The molecule has 0 aliphatic rings. The van der Waals surface area contributed by atoms with Crippen LogP contribution in [0.1, 0.15) is 38.8 Å². The first-order valence-corrected chi connectivity index (χ1v) is 15.5. The number of hydrogen-bond acceptors (Lipinski definition) is 4. The zero-order valence-electron chi connectivity index (χ0n) is 26.9. The van der Waals surface area contributed by atoms with Gasteiger partial charge >= 0.3 is 21.1 Å². The molecule has 0 fully saturated rings. The predicted octanol–water partition coefficient (Wildman–Crippen LogP) is 9.53. The maximum Gasteiger partial charge on any atom is 2.00 e. The first-order valence-electron chi connectivity index (χ1n) is 15.5. The van der Waals surface area contributed by atoms with Crippen molar-refractivity contribution < 1.29 is 25.8 Å². The summed E-state index contributed by atoms with van der Waals surface area (Å²) in [5.74, 6) is 3.10. The number of benzene rings is 4. The van der Waals surface area contributed by atoms with E-state index in [2.05, 4.69) is 90.8 Å². The molecule has 4 aromatic carbocycles. The van der Waals surface area contributed by atoms with Crippen molar-refractivity contribution in [2.75, 3.05) is 4.90 Å². The summed E-state index contributed by atoms with van der Waals surface area (Å²) in [5, 5.41) is 0. The van der Waals surface area contributed by atoms with Crippen LogP contribution in [0.15, 0.2) is 110 Å². The van der Waals surface area contributed by atoms with Gasteiger partial charge in [-0.1, -0.05) is 75.8 Å². The van der Waals surface area contributed by atoms with Crippen molar-refractivity contribution in [2.45, 2.75) is 40.5 Å². The third kappa shape index (κ3) is 7.68. The minimum Gasteiger partial charge on any atom is -0.503 e. The monoisotopic (exact) mass is 788 g/mol. The van der Waals surface area contributed by atoms with Gasteiger partial charge in [0, 0.05) is 36.1 Å². The third-order valence-corrected chi connectivity index (χ3v) is 7.49. The average molecular weight is 789 g/mol. The molecule has 2 heterocycles. The number of ether oxygens (including phenoxy) is 1. The van der Waals surface area contributed by atoms with Crippen LogP contribution in [0.3, 0.4) is 0 Å². The van der Waals surface area contributed by atoms with Crippen LogP contribution in [0.25, 0.3) is 16.9 Å². The second-order valence-electron chi connectivity index (χ2n) is 12.3. The Morgan fingerprint density at radius 3 is 2.02 bits per heavy atom. The van der Waals surface area contributed by atoms with Gasteiger partial charge in [0.1, 0.15) is 0 Å². The van der Waals surface area contributed by atoms with Crippen LogP contribution in [0.2, 0.25) is 0 Å².